The Morgan fingerprint density at radius 2 is 1.25 bits per heavy atom. The Morgan fingerprint density at radius 3 is 1.75 bits per heavy atom. The van der Waals surface area contributed by atoms with Gasteiger partial charge in [0.05, 0.1) is 22.9 Å². The third-order valence-corrected chi connectivity index (χ3v) is 13.4. The average molecular weight is 833 g/mol. The predicted octanol–water partition coefficient (Wildman–Crippen LogP) is 6.32. The van der Waals surface area contributed by atoms with E-state index in [1.807, 2.05) is 6.07 Å². The van der Waals surface area contributed by atoms with E-state index >= 15 is 0 Å². The number of sulfonamides is 2. The Hall–Kier alpha value is -7.08. The molecule has 2 aliphatic rings. The lowest BCUT2D eigenvalue weighted by Crippen LogP contribution is -2.30. The molecule has 0 radical (unpaired) electrons. The number of nitrogens with zero attached hydrogens (tertiary/aromatic N) is 5. The molecule has 6 aromatic rings. The van der Waals surface area contributed by atoms with E-state index < -0.39 is 32.0 Å². The van der Waals surface area contributed by atoms with Crippen molar-refractivity contribution >= 4 is 76.3 Å². The smallest absolute Gasteiger partial charge is 0.310 e. The Kier molecular flexibility index (Phi) is 11.6. The summed E-state index contributed by atoms with van der Waals surface area (Å²) in [5.41, 5.74) is 4.69. The van der Waals surface area contributed by atoms with E-state index in [0.717, 1.165) is 11.1 Å². The molecule has 8 rings (SSSR count). The van der Waals surface area contributed by atoms with E-state index in [1.165, 1.54) is 47.1 Å². The predicted molar refractivity (Wildman–Crippen MR) is 221 cm³/mol. The Bertz CT molecular complexity index is 3070. The van der Waals surface area contributed by atoms with Crippen LogP contribution in [0, 0.1) is 32.2 Å². The van der Waals surface area contributed by atoms with Crippen molar-refractivity contribution in [3.05, 3.63) is 152 Å². The molecule has 4 heterocycles. The molecular weight excluding hydrogens is 797 g/mol. The number of esters is 2. The quantitative estimate of drug-likeness (QED) is 0.0698. The number of benzene rings is 4. The number of pyridine rings is 2. The van der Waals surface area contributed by atoms with Crippen molar-refractivity contribution in [2.75, 3.05) is 21.7 Å². The number of anilines is 2. The minimum atomic E-state index is -3.87. The van der Waals surface area contributed by atoms with Gasteiger partial charge < -0.3 is 14.9 Å². The minimum Gasteiger partial charge on any atom is -0.619 e. The SMILES string of the molecule is CC(=O)OC(C)=O.[C-]#[N+]c1ccc2c(c1)N(S(=O)(=O)c1cccc3c(=O)[nH]cc(C)c13)CC2.[C-]#[N+]c1ccc2c(c1)N(S(=O)(=O)c1cccc3c[n+]([O-])cc(C)c13)CC2. The van der Waals surface area contributed by atoms with Crippen LogP contribution in [0.15, 0.2) is 106 Å². The first-order valence-electron chi connectivity index (χ1n) is 18.0. The highest BCUT2D eigenvalue weighted by atomic mass is 32.2. The van der Waals surface area contributed by atoms with Gasteiger partial charge in [0.25, 0.3) is 25.6 Å². The summed E-state index contributed by atoms with van der Waals surface area (Å²) in [4.78, 5) is 41.4. The Labute approximate surface area is 340 Å². The first kappa shape index (κ1) is 41.6. The van der Waals surface area contributed by atoms with E-state index in [0.29, 0.717) is 86.1 Å². The van der Waals surface area contributed by atoms with Crippen LogP contribution in [0.4, 0.5) is 22.7 Å². The topological polar surface area (TPSA) is 187 Å². The number of carbonyl (C=O) groups excluding carboxylic acids is 2. The summed E-state index contributed by atoms with van der Waals surface area (Å²) in [5, 5.41) is 13.6. The standard InChI is InChI=1S/2C19H15N3O3S.C4H6O3/c1-13-11-21(23)12-15-4-3-5-18(19(13)15)26(24,25)22-9-8-14-6-7-16(20-2)10-17(14)22;1-12-11-21-19(23)15-4-3-5-17(18(12)15)26(24,25)22-9-8-13-6-7-14(20-2)10-16(13)22;1-3(5)7-4(2)6/h3-7,10-12H,8-9H2,1H3;3-7,10-11H,8-9H2,1H3,(H,21,23);1-2H3. The number of fused-ring (bicyclic) bond motifs is 4. The number of carbonyl (C=O) groups is 2. The van der Waals surface area contributed by atoms with Gasteiger partial charge in [-0.05, 0) is 79.8 Å². The van der Waals surface area contributed by atoms with Crippen molar-refractivity contribution in [1.29, 1.82) is 0 Å². The van der Waals surface area contributed by atoms with Gasteiger partial charge in [-0.2, -0.15) is 4.73 Å². The molecule has 0 unspecified atom stereocenters. The van der Waals surface area contributed by atoms with Crippen LogP contribution in [0.25, 0.3) is 31.2 Å². The van der Waals surface area contributed by atoms with Gasteiger partial charge in [-0.15, -0.1) is 0 Å². The number of aromatic nitrogens is 2. The number of rotatable bonds is 4. The van der Waals surface area contributed by atoms with Crippen molar-refractivity contribution in [1.82, 2.24) is 4.98 Å². The second-order valence-electron chi connectivity index (χ2n) is 13.6. The van der Waals surface area contributed by atoms with Gasteiger partial charge in [-0.25, -0.2) is 26.5 Å². The molecule has 0 fully saturated rings. The molecule has 0 bridgehead atoms. The second-order valence-corrected chi connectivity index (χ2v) is 17.3. The lowest BCUT2D eigenvalue weighted by Gasteiger charge is -2.21. The van der Waals surface area contributed by atoms with Gasteiger partial charge in [0, 0.05) is 71.6 Å². The summed E-state index contributed by atoms with van der Waals surface area (Å²) in [6, 6.07) is 19.9. The number of aromatic amines is 1. The largest absolute Gasteiger partial charge is 0.619 e. The van der Waals surface area contributed by atoms with E-state index in [9.17, 15) is 36.4 Å². The van der Waals surface area contributed by atoms with Crippen LogP contribution in [-0.4, -0.2) is 46.8 Å². The zero-order valence-electron chi connectivity index (χ0n) is 32.2. The van der Waals surface area contributed by atoms with E-state index in [2.05, 4.69) is 19.4 Å². The van der Waals surface area contributed by atoms with Crippen molar-refractivity contribution in [2.45, 2.75) is 50.3 Å². The summed E-state index contributed by atoms with van der Waals surface area (Å²) in [5.74, 6) is -1.12. The maximum Gasteiger partial charge on any atom is 0.310 e. The lowest BCUT2D eigenvalue weighted by atomic mass is 10.1. The number of nitrogens with one attached hydrogen (secondary N) is 1. The zero-order valence-corrected chi connectivity index (χ0v) is 33.8. The molecule has 59 heavy (non-hydrogen) atoms. The molecule has 1 N–H and O–H groups in total. The molecule has 0 aliphatic carbocycles. The molecule has 4 aromatic carbocycles. The maximum absolute atomic E-state index is 13.4. The maximum atomic E-state index is 13.4. The third kappa shape index (κ3) is 8.20. The zero-order chi connectivity index (χ0) is 42.8. The molecule has 0 atom stereocenters. The number of H-pyrrole nitrogens is 1. The van der Waals surface area contributed by atoms with Crippen LogP contribution >= 0.6 is 0 Å². The summed E-state index contributed by atoms with van der Waals surface area (Å²) < 4.78 is 61.0. The Morgan fingerprint density at radius 1 is 0.746 bits per heavy atom. The number of aryl methyl sites for hydroxylation is 2. The highest BCUT2D eigenvalue weighted by Gasteiger charge is 2.34. The molecular formula is C42H36N6O9S2. The van der Waals surface area contributed by atoms with Crippen molar-refractivity contribution in [3.63, 3.8) is 0 Å². The van der Waals surface area contributed by atoms with Gasteiger partial charge in [0.2, 0.25) is 0 Å². The van der Waals surface area contributed by atoms with Crippen LogP contribution in [-0.2, 0) is 47.2 Å². The van der Waals surface area contributed by atoms with Gasteiger partial charge in [0.15, 0.2) is 23.8 Å². The third-order valence-electron chi connectivity index (χ3n) is 9.65. The first-order chi connectivity index (χ1) is 28.0. The molecule has 0 spiro atoms. The summed E-state index contributed by atoms with van der Waals surface area (Å²) in [6.07, 6.45) is 5.47. The number of hydrogen-bond donors (Lipinski definition) is 1. The summed E-state index contributed by atoms with van der Waals surface area (Å²) in [6.45, 7) is 20.9. The van der Waals surface area contributed by atoms with Gasteiger partial charge in [-0.1, -0.05) is 36.4 Å². The Balaban J connectivity index is 0.000000171. The molecule has 300 valence electrons. The fraction of sp³-hybridized carbons (Fsp3) is 0.190. The molecule has 2 aromatic heterocycles. The number of ether oxygens (including phenoxy) is 1. The van der Waals surface area contributed by atoms with Crippen molar-refractivity contribution in [3.8, 4) is 0 Å². The fourth-order valence-corrected chi connectivity index (χ4v) is 10.7. The summed E-state index contributed by atoms with van der Waals surface area (Å²) >= 11 is 0. The van der Waals surface area contributed by atoms with Crippen LogP contribution in [0.1, 0.15) is 36.1 Å². The molecule has 17 heteroatoms. The molecule has 0 saturated carbocycles. The van der Waals surface area contributed by atoms with Crippen molar-refractivity contribution in [2.24, 2.45) is 0 Å². The second kappa shape index (κ2) is 16.4. The van der Waals surface area contributed by atoms with Crippen LogP contribution in [0.3, 0.4) is 0 Å². The van der Waals surface area contributed by atoms with Crippen LogP contribution < -0.4 is 18.9 Å². The average Bonchev–Trinajstić information content (AvgIpc) is 3.83. The normalized spacial score (nSPS) is 12.9. The monoisotopic (exact) mass is 832 g/mol. The highest BCUT2D eigenvalue weighted by Crippen LogP contribution is 2.39. The number of hydrogen-bond acceptors (Lipinski definition) is 9. The first-order valence-corrected chi connectivity index (χ1v) is 20.8. The van der Waals surface area contributed by atoms with E-state index in [-0.39, 0.29) is 15.4 Å². The molecule has 0 amide bonds. The summed E-state index contributed by atoms with van der Waals surface area (Å²) in [7, 11) is -7.69. The lowest BCUT2D eigenvalue weighted by molar-refractivity contribution is -0.604. The van der Waals surface area contributed by atoms with E-state index in [4.69, 9.17) is 13.1 Å². The van der Waals surface area contributed by atoms with Gasteiger partial charge in [-0.3, -0.25) is 23.0 Å². The molecule has 2 aliphatic heterocycles. The fourth-order valence-electron chi connectivity index (χ4n) is 7.14. The van der Waals surface area contributed by atoms with Gasteiger partial charge in [0.1, 0.15) is 0 Å². The van der Waals surface area contributed by atoms with Crippen LogP contribution in [0.2, 0.25) is 0 Å². The van der Waals surface area contributed by atoms with Crippen molar-refractivity contribution < 1.29 is 35.9 Å². The van der Waals surface area contributed by atoms with Crippen LogP contribution in [0.5, 0.6) is 0 Å². The van der Waals surface area contributed by atoms with E-state index in [1.54, 1.807) is 74.5 Å². The molecule has 0 saturated heterocycles. The van der Waals surface area contributed by atoms with Gasteiger partial charge >= 0.3 is 11.9 Å². The minimum absolute atomic E-state index is 0.111. The molecule has 15 nitrogen and oxygen atoms in total. The highest BCUT2D eigenvalue weighted by molar-refractivity contribution is 7.93.